The van der Waals surface area contributed by atoms with E-state index >= 15 is 0 Å². The summed E-state index contributed by atoms with van der Waals surface area (Å²) in [6, 6.07) is 13.0. The Labute approximate surface area is 147 Å². The van der Waals surface area contributed by atoms with Gasteiger partial charge in [-0.2, -0.15) is 4.98 Å². The van der Waals surface area contributed by atoms with E-state index in [0.717, 1.165) is 22.2 Å². The Kier molecular flexibility index (Phi) is 3.74. The van der Waals surface area contributed by atoms with Crippen LogP contribution in [0.5, 0.6) is 0 Å². The normalized spacial score (nSPS) is 11.6. The lowest BCUT2D eigenvalue weighted by molar-refractivity contribution is 0.411. The van der Waals surface area contributed by atoms with Crippen molar-refractivity contribution in [2.75, 3.05) is 0 Å². The van der Waals surface area contributed by atoms with Gasteiger partial charge in [0.2, 0.25) is 5.82 Å². The molecule has 0 aliphatic heterocycles. The third-order valence-electron chi connectivity index (χ3n) is 3.91. The monoisotopic (exact) mass is 352 g/mol. The summed E-state index contributed by atoms with van der Waals surface area (Å²) in [5.74, 6) is 0.821. The third-order valence-corrected chi connectivity index (χ3v) is 4.26. The topological polar surface area (TPSA) is 76.7 Å². The molecule has 0 amide bonds. The van der Waals surface area contributed by atoms with Crippen molar-refractivity contribution in [3.63, 3.8) is 0 Å². The minimum Gasteiger partial charge on any atom is -0.334 e. The number of halogens is 1. The number of nitrogens with one attached hydrogen (secondary N) is 1. The summed E-state index contributed by atoms with van der Waals surface area (Å²) in [6.45, 7) is 0. The van der Waals surface area contributed by atoms with Crippen molar-refractivity contribution < 1.29 is 4.52 Å². The summed E-state index contributed by atoms with van der Waals surface area (Å²) < 4.78 is 6.80. The van der Waals surface area contributed by atoms with Gasteiger partial charge in [0.05, 0.1) is 11.0 Å². The highest BCUT2D eigenvalue weighted by Gasteiger charge is 2.10. The number of aryl methyl sites for hydroxylation is 1. The fraction of sp³-hybridized carbons (Fsp3) is 0.0556. The van der Waals surface area contributed by atoms with Gasteiger partial charge in [0.15, 0.2) is 0 Å². The van der Waals surface area contributed by atoms with Crippen LogP contribution < -0.4 is 5.69 Å². The van der Waals surface area contributed by atoms with Crippen molar-refractivity contribution in [1.82, 2.24) is 19.7 Å². The molecule has 4 rings (SSSR count). The molecule has 25 heavy (non-hydrogen) atoms. The van der Waals surface area contributed by atoms with Crippen molar-refractivity contribution in [3.05, 3.63) is 69.4 Å². The Morgan fingerprint density at radius 2 is 2.04 bits per heavy atom. The Morgan fingerprint density at radius 3 is 2.88 bits per heavy atom. The van der Waals surface area contributed by atoms with Crippen molar-refractivity contribution >= 4 is 34.8 Å². The molecule has 2 aromatic carbocycles. The van der Waals surface area contributed by atoms with Crippen molar-refractivity contribution in [3.8, 4) is 11.4 Å². The van der Waals surface area contributed by atoms with E-state index in [4.69, 9.17) is 16.1 Å². The van der Waals surface area contributed by atoms with Gasteiger partial charge in [0.25, 0.3) is 5.89 Å². The second-order valence-corrected chi connectivity index (χ2v) is 5.94. The van der Waals surface area contributed by atoms with E-state index in [9.17, 15) is 4.79 Å². The molecule has 2 heterocycles. The highest BCUT2D eigenvalue weighted by Crippen LogP contribution is 2.22. The molecule has 0 atom stereocenters. The van der Waals surface area contributed by atoms with Gasteiger partial charge in [0.1, 0.15) is 0 Å². The first kappa shape index (κ1) is 15.4. The lowest BCUT2D eigenvalue weighted by atomic mass is 10.2. The number of imidazole rings is 1. The van der Waals surface area contributed by atoms with Gasteiger partial charge in [-0.3, -0.25) is 4.57 Å². The molecule has 0 saturated carbocycles. The summed E-state index contributed by atoms with van der Waals surface area (Å²) in [5, 5.41) is 4.64. The van der Waals surface area contributed by atoms with Crippen LogP contribution in [0.2, 0.25) is 5.02 Å². The summed E-state index contributed by atoms with van der Waals surface area (Å²) in [6.07, 6.45) is 3.53. The van der Waals surface area contributed by atoms with Gasteiger partial charge in [-0.25, -0.2) is 4.79 Å². The second kappa shape index (κ2) is 6.07. The van der Waals surface area contributed by atoms with E-state index in [1.54, 1.807) is 17.7 Å². The predicted octanol–water partition coefficient (Wildman–Crippen LogP) is 3.74. The third kappa shape index (κ3) is 2.88. The SMILES string of the molecule is Cn1c(=O)[nH]c2cc(-c3noc(/C=C/c4ccccc4Cl)n3)ccc21. The fourth-order valence-corrected chi connectivity index (χ4v) is 2.77. The molecular weight excluding hydrogens is 340 g/mol. The number of rotatable bonds is 3. The summed E-state index contributed by atoms with van der Waals surface area (Å²) in [7, 11) is 1.72. The zero-order chi connectivity index (χ0) is 17.4. The lowest BCUT2D eigenvalue weighted by Gasteiger charge is -1.96. The van der Waals surface area contributed by atoms with E-state index in [1.807, 2.05) is 48.5 Å². The summed E-state index contributed by atoms with van der Waals surface area (Å²) in [4.78, 5) is 18.8. The number of hydrogen-bond acceptors (Lipinski definition) is 4. The molecule has 124 valence electrons. The van der Waals surface area contributed by atoms with Crippen LogP contribution in [0.1, 0.15) is 11.5 Å². The maximum Gasteiger partial charge on any atom is 0.326 e. The molecule has 0 aliphatic carbocycles. The average Bonchev–Trinajstić information content (AvgIpc) is 3.19. The Morgan fingerprint density at radius 1 is 1.20 bits per heavy atom. The number of fused-ring (bicyclic) bond motifs is 1. The molecule has 0 aliphatic rings. The Balaban J connectivity index is 1.65. The molecule has 1 N–H and O–H groups in total. The maximum absolute atomic E-state index is 11.7. The highest BCUT2D eigenvalue weighted by molar-refractivity contribution is 6.32. The minimum absolute atomic E-state index is 0.163. The number of aromatic nitrogens is 4. The van der Waals surface area contributed by atoms with Crippen LogP contribution >= 0.6 is 11.6 Å². The van der Waals surface area contributed by atoms with Crippen LogP contribution in [0.25, 0.3) is 34.6 Å². The number of benzene rings is 2. The predicted molar refractivity (Wildman–Crippen MR) is 97.2 cm³/mol. The molecule has 2 aromatic heterocycles. The molecule has 6 nitrogen and oxygen atoms in total. The number of H-pyrrole nitrogens is 1. The number of aromatic amines is 1. The van der Waals surface area contributed by atoms with Gasteiger partial charge in [-0.15, -0.1) is 0 Å². The standard InChI is InChI=1S/C18H13ClN4O2/c1-23-15-8-6-12(10-14(15)20-18(23)24)17-21-16(25-22-17)9-7-11-4-2-3-5-13(11)19/h2-10H,1H3,(H,20,24)/b9-7+. The molecule has 0 saturated heterocycles. The lowest BCUT2D eigenvalue weighted by Crippen LogP contribution is -2.11. The van der Waals surface area contributed by atoms with Crippen LogP contribution in [0, 0.1) is 0 Å². The van der Waals surface area contributed by atoms with E-state index in [1.165, 1.54) is 0 Å². The molecule has 0 fully saturated rings. The summed E-state index contributed by atoms with van der Waals surface area (Å²) in [5.41, 5.74) is 3.00. The largest absolute Gasteiger partial charge is 0.334 e. The quantitative estimate of drug-likeness (QED) is 0.609. The molecular formula is C18H13ClN4O2. The molecule has 7 heteroatoms. The Hall–Kier alpha value is -3.12. The van der Waals surface area contributed by atoms with E-state index in [2.05, 4.69) is 15.1 Å². The van der Waals surface area contributed by atoms with Crippen molar-refractivity contribution in [1.29, 1.82) is 0 Å². The zero-order valence-corrected chi connectivity index (χ0v) is 14.0. The smallest absolute Gasteiger partial charge is 0.326 e. The highest BCUT2D eigenvalue weighted by atomic mass is 35.5. The molecule has 0 unspecified atom stereocenters. The maximum atomic E-state index is 11.7. The first-order valence-electron chi connectivity index (χ1n) is 7.57. The first-order valence-corrected chi connectivity index (χ1v) is 7.95. The summed E-state index contributed by atoms with van der Waals surface area (Å²) >= 11 is 6.11. The molecule has 4 aromatic rings. The van der Waals surface area contributed by atoms with Crippen LogP contribution in [-0.4, -0.2) is 19.7 Å². The number of hydrogen-bond donors (Lipinski definition) is 1. The molecule has 0 bridgehead atoms. The van der Waals surface area contributed by atoms with Crippen LogP contribution in [0.3, 0.4) is 0 Å². The Bertz CT molecular complexity index is 1150. The molecule has 0 radical (unpaired) electrons. The van der Waals surface area contributed by atoms with Crippen LogP contribution in [-0.2, 0) is 7.05 Å². The van der Waals surface area contributed by atoms with Crippen LogP contribution in [0.4, 0.5) is 0 Å². The van der Waals surface area contributed by atoms with Crippen molar-refractivity contribution in [2.45, 2.75) is 0 Å². The van der Waals surface area contributed by atoms with Gasteiger partial charge in [-0.05, 0) is 35.9 Å². The minimum atomic E-state index is -0.163. The molecule has 0 spiro atoms. The van der Waals surface area contributed by atoms with Gasteiger partial charge in [-0.1, -0.05) is 35.0 Å². The second-order valence-electron chi connectivity index (χ2n) is 5.53. The van der Waals surface area contributed by atoms with E-state index < -0.39 is 0 Å². The van der Waals surface area contributed by atoms with Gasteiger partial charge >= 0.3 is 5.69 Å². The van der Waals surface area contributed by atoms with Crippen LogP contribution in [0.15, 0.2) is 51.8 Å². The van der Waals surface area contributed by atoms with E-state index in [0.29, 0.717) is 16.7 Å². The van der Waals surface area contributed by atoms with Gasteiger partial charge in [0, 0.05) is 23.7 Å². The average molecular weight is 353 g/mol. The number of nitrogens with zero attached hydrogens (tertiary/aromatic N) is 3. The van der Waals surface area contributed by atoms with Gasteiger partial charge < -0.3 is 9.51 Å². The fourth-order valence-electron chi connectivity index (χ4n) is 2.57. The van der Waals surface area contributed by atoms with E-state index in [-0.39, 0.29) is 5.69 Å². The first-order chi connectivity index (χ1) is 12.1. The van der Waals surface area contributed by atoms with Crippen molar-refractivity contribution in [2.24, 2.45) is 7.05 Å². The zero-order valence-electron chi connectivity index (χ0n) is 13.2.